The van der Waals surface area contributed by atoms with Crippen molar-refractivity contribution >= 4 is 46.4 Å². The molecule has 28 heavy (non-hydrogen) atoms. The number of amides is 1. The van der Waals surface area contributed by atoms with Crippen LogP contribution in [0.1, 0.15) is 18.2 Å². The van der Waals surface area contributed by atoms with Crippen LogP contribution in [0.25, 0.3) is 10.7 Å². The van der Waals surface area contributed by atoms with Gasteiger partial charge < -0.3 is 5.32 Å². The summed E-state index contributed by atoms with van der Waals surface area (Å²) >= 11 is 8.17. The fourth-order valence-corrected chi connectivity index (χ4v) is 4.57. The first-order chi connectivity index (χ1) is 13.4. The number of aromatic amines is 1. The highest BCUT2D eigenvalue weighted by molar-refractivity contribution is 8.00. The lowest BCUT2D eigenvalue weighted by Gasteiger charge is -2.10. The smallest absolute Gasteiger partial charge is 0.239 e. The van der Waals surface area contributed by atoms with Crippen LogP contribution in [0.5, 0.6) is 0 Å². The molecule has 1 amide bonds. The normalized spacial score (nSPS) is 12.0. The Morgan fingerprint density at radius 3 is 2.82 bits per heavy atom. The Morgan fingerprint density at radius 1 is 1.43 bits per heavy atom. The molecule has 0 aliphatic heterocycles. The summed E-state index contributed by atoms with van der Waals surface area (Å²) in [7, 11) is 0. The molecule has 2 aromatic heterocycles. The number of aromatic nitrogens is 4. The number of allylic oxidation sites excluding steroid dienone is 1. The molecule has 1 aromatic carbocycles. The number of benzene rings is 1. The lowest BCUT2D eigenvalue weighted by Crippen LogP contribution is -2.22. The molecular formula is C19H21N5OS3. The summed E-state index contributed by atoms with van der Waals surface area (Å²) in [6.45, 7) is 10.1. The standard InChI is InChI=1S/C19H21N5OS3/c1-5-10-24-16(22-23-19(24)26)15-12(3)20-18(28-15)21-17(25)13(4)27-14-8-6-11(2)7-9-14/h5-9,13H,1,10H2,2-4H3,(H,23,26)(H,20,21,25). The number of hydrogen-bond acceptors (Lipinski definition) is 6. The predicted molar refractivity (Wildman–Crippen MR) is 119 cm³/mol. The summed E-state index contributed by atoms with van der Waals surface area (Å²) in [6, 6.07) is 8.13. The minimum absolute atomic E-state index is 0.0872. The Hall–Kier alpha value is -2.23. The van der Waals surface area contributed by atoms with Crippen molar-refractivity contribution in [3.63, 3.8) is 0 Å². The molecule has 146 valence electrons. The Morgan fingerprint density at radius 2 is 2.14 bits per heavy atom. The third-order valence-corrected chi connectivity index (χ3v) is 6.50. The summed E-state index contributed by atoms with van der Waals surface area (Å²) in [5, 5.41) is 10.3. The van der Waals surface area contributed by atoms with E-state index in [4.69, 9.17) is 12.2 Å². The number of nitrogens with zero attached hydrogens (tertiary/aromatic N) is 3. The van der Waals surface area contributed by atoms with Crippen LogP contribution >= 0.6 is 35.3 Å². The number of thioether (sulfide) groups is 1. The average Bonchev–Trinajstić information content (AvgIpc) is 3.19. The van der Waals surface area contributed by atoms with Crippen LogP contribution in [0.4, 0.5) is 5.13 Å². The van der Waals surface area contributed by atoms with E-state index in [-0.39, 0.29) is 11.2 Å². The van der Waals surface area contributed by atoms with E-state index < -0.39 is 0 Å². The van der Waals surface area contributed by atoms with Gasteiger partial charge in [-0.1, -0.05) is 35.1 Å². The van der Waals surface area contributed by atoms with Gasteiger partial charge in [-0.25, -0.2) is 4.98 Å². The Kier molecular flexibility index (Phi) is 6.48. The molecule has 3 aromatic rings. The Balaban J connectivity index is 1.74. The zero-order chi connectivity index (χ0) is 20.3. The van der Waals surface area contributed by atoms with Gasteiger partial charge in [0, 0.05) is 11.4 Å². The van der Waals surface area contributed by atoms with Crippen LogP contribution in [0.2, 0.25) is 0 Å². The fraction of sp³-hybridized carbons (Fsp3) is 0.263. The fourth-order valence-electron chi connectivity index (χ4n) is 2.53. The summed E-state index contributed by atoms with van der Waals surface area (Å²) in [4.78, 5) is 19.0. The van der Waals surface area contributed by atoms with Crippen LogP contribution < -0.4 is 5.32 Å². The second-order valence-electron chi connectivity index (χ2n) is 6.25. The van der Waals surface area contributed by atoms with Gasteiger partial charge in [-0.2, -0.15) is 5.10 Å². The number of carbonyl (C=O) groups excluding carboxylic acids is 1. The van der Waals surface area contributed by atoms with E-state index in [1.54, 1.807) is 6.08 Å². The van der Waals surface area contributed by atoms with E-state index in [2.05, 4.69) is 27.1 Å². The molecule has 9 heteroatoms. The SMILES string of the molecule is C=CCn1c(-c2sc(NC(=O)C(C)Sc3ccc(C)cc3)nc2C)n[nH]c1=S. The van der Waals surface area contributed by atoms with Gasteiger partial charge in [0.1, 0.15) is 0 Å². The Bertz CT molecular complexity index is 1050. The number of thiazole rings is 1. The van der Waals surface area contributed by atoms with E-state index >= 15 is 0 Å². The molecule has 0 saturated carbocycles. The first kappa shape index (κ1) is 20.5. The third-order valence-electron chi connectivity index (χ3n) is 4.00. The van der Waals surface area contributed by atoms with Crippen molar-refractivity contribution < 1.29 is 4.79 Å². The van der Waals surface area contributed by atoms with E-state index in [9.17, 15) is 4.79 Å². The van der Waals surface area contributed by atoms with Crippen molar-refractivity contribution in [1.82, 2.24) is 19.7 Å². The maximum absolute atomic E-state index is 12.6. The second-order valence-corrected chi connectivity index (χ2v) is 9.05. The minimum atomic E-state index is -0.245. The van der Waals surface area contributed by atoms with Crippen molar-refractivity contribution in [3.05, 3.63) is 52.9 Å². The molecule has 0 spiro atoms. The monoisotopic (exact) mass is 431 g/mol. The van der Waals surface area contributed by atoms with E-state index in [1.807, 2.05) is 49.6 Å². The molecule has 0 bridgehead atoms. The highest BCUT2D eigenvalue weighted by atomic mass is 32.2. The van der Waals surface area contributed by atoms with Gasteiger partial charge in [-0.3, -0.25) is 14.5 Å². The zero-order valence-corrected chi connectivity index (χ0v) is 18.3. The minimum Gasteiger partial charge on any atom is -0.301 e. The molecule has 2 N–H and O–H groups in total. The summed E-state index contributed by atoms with van der Waals surface area (Å²) < 4.78 is 2.38. The van der Waals surface area contributed by atoms with Crippen LogP contribution in [-0.2, 0) is 11.3 Å². The topological polar surface area (TPSA) is 75.6 Å². The molecule has 1 unspecified atom stereocenters. The highest BCUT2D eigenvalue weighted by Gasteiger charge is 2.20. The van der Waals surface area contributed by atoms with Crippen LogP contribution in [0, 0.1) is 18.6 Å². The van der Waals surface area contributed by atoms with E-state index in [0.717, 1.165) is 15.5 Å². The number of aryl methyl sites for hydroxylation is 2. The quantitative estimate of drug-likeness (QED) is 0.313. The molecule has 3 rings (SSSR count). The van der Waals surface area contributed by atoms with Crippen molar-refractivity contribution in [2.45, 2.75) is 37.5 Å². The molecule has 1 atom stereocenters. The van der Waals surface area contributed by atoms with Crippen molar-refractivity contribution in [2.24, 2.45) is 0 Å². The number of hydrogen-bond donors (Lipinski definition) is 2. The second kappa shape index (κ2) is 8.85. The lowest BCUT2D eigenvalue weighted by molar-refractivity contribution is -0.115. The largest absolute Gasteiger partial charge is 0.301 e. The van der Waals surface area contributed by atoms with Crippen molar-refractivity contribution in [3.8, 4) is 10.7 Å². The number of H-pyrrole nitrogens is 1. The van der Waals surface area contributed by atoms with Crippen LogP contribution in [0.15, 0.2) is 41.8 Å². The summed E-state index contributed by atoms with van der Waals surface area (Å²) in [5.41, 5.74) is 1.99. The molecule has 0 radical (unpaired) electrons. The molecule has 0 aliphatic rings. The van der Waals surface area contributed by atoms with Crippen LogP contribution in [-0.4, -0.2) is 30.9 Å². The maximum Gasteiger partial charge on any atom is 0.239 e. The molecule has 2 heterocycles. The predicted octanol–water partition coefficient (Wildman–Crippen LogP) is 4.99. The van der Waals surface area contributed by atoms with Gasteiger partial charge in [0.2, 0.25) is 5.91 Å². The van der Waals surface area contributed by atoms with E-state index in [1.165, 1.54) is 28.7 Å². The van der Waals surface area contributed by atoms with E-state index in [0.29, 0.717) is 22.3 Å². The van der Waals surface area contributed by atoms with Gasteiger partial charge in [0.05, 0.1) is 15.8 Å². The third kappa shape index (κ3) is 4.60. The van der Waals surface area contributed by atoms with Crippen LogP contribution in [0.3, 0.4) is 0 Å². The molecule has 0 fully saturated rings. The number of rotatable bonds is 7. The lowest BCUT2D eigenvalue weighted by atomic mass is 10.2. The molecule has 6 nitrogen and oxygen atoms in total. The average molecular weight is 432 g/mol. The zero-order valence-electron chi connectivity index (χ0n) is 15.9. The molecular weight excluding hydrogens is 410 g/mol. The number of nitrogens with one attached hydrogen (secondary N) is 2. The maximum atomic E-state index is 12.6. The van der Waals surface area contributed by atoms with Gasteiger partial charge in [0.15, 0.2) is 15.7 Å². The summed E-state index contributed by atoms with van der Waals surface area (Å²) in [6.07, 6.45) is 1.76. The number of carbonyl (C=O) groups is 1. The Labute approximate surface area is 177 Å². The first-order valence-electron chi connectivity index (χ1n) is 8.67. The first-order valence-corrected chi connectivity index (χ1v) is 10.8. The summed E-state index contributed by atoms with van der Waals surface area (Å²) in [5.74, 6) is 0.610. The van der Waals surface area contributed by atoms with Gasteiger partial charge in [0.25, 0.3) is 0 Å². The highest BCUT2D eigenvalue weighted by Crippen LogP contribution is 2.32. The van der Waals surface area contributed by atoms with Crippen molar-refractivity contribution in [1.29, 1.82) is 0 Å². The number of anilines is 1. The van der Waals surface area contributed by atoms with Gasteiger partial charge in [-0.15, -0.1) is 18.3 Å². The van der Waals surface area contributed by atoms with Gasteiger partial charge in [-0.05, 0) is 45.1 Å². The molecule has 0 aliphatic carbocycles. The molecule has 0 saturated heterocycles. The van der Waals surface area contributed by atoms with Gasteiger partial charge >= 0.3 is 0 Å². The van der Waals surface area contributed by atoms with Crippen molar-refractivity contribution in [2.75, 3.05) is 5.32 Å².